The lowest BCUT2D eigenvalue weighted by Crippen LogP contribution is -2.57. The lowest BCUT2D eigenvalue weighted by Gasteiger charge is -2.22. The van der Waals surface area contributed by atoms with Gasteiger partial charge in [0.15, 0.2) is 0 Å². The van der Waals surface area contributed by atoms with E-state index < -0.39 is 15.0 Å². The van der Waals surface area contributed by atoms with Crippen LogP contribution in [0.15, 0.2) is 53.2 Å². The Labute approximate surface area is 148 Å². The molecule has 0 aliphatic heterocycles. The van der Waals surface area contributed by atoms with Crippen LogP contribution in [0.4, 0.5) is 11.4 Å². The quantitative estimate of drug-likeness (QED) is 0.324. The first kappa shape index (κ1) is 19.1. The van der Waals surface area contributed by atoms with E-state index in [0.717, 1.165) is 11.4 Å². The predicted molar refractivity (Wildman–Crippen MR) is 95.6 cm³/mol. The largest absolute Gasteiger partial charge is 0.378 e. The highest BCUT2D eigenvalue weighted by Gasteiger charge is 2.43. The summed E-state index contributed by atoms with van der Waals surface area (Å²) in [6.07, 6.45) is 5.35. The first-order valence-corrected chi connectivity index (χ1v) is 9.34. The third kappa shape index (κ3) is 4.64. The summed E-state index contributed by atoms with van der Waals surface area (Å²) in [5, 5.41) is 8.23. The number of rotatable bonds is 8. The van der Waals surface area contributed by atoms with Gasteiger partial charge in [-0.05, 0) is 37.6 Å². The normalized spacial score (nSPS) is 14.6. The van der Waals surface area contributed by atoms with E-state index in [1.165, 1.54) is 17.8 Å². The van der Waals surface area contributed by atoms with Crippen LogP contribution in [0, 0.1) is 0 Å². The van der Waals surface area contributed by atoms with Gasteiger partial charge in [0, 0.05) is 26.2 Å². The molecule has 1 aromatic carbocycles. The monoisotopic (exact) mass is 366 g/mol. The van der Waals surface area contributed by atoms with Crippen molar-refractivity contribution in [3.05, 3.63) is 43.0 Å². The summed E-state index contributed by atoms with van der Waals surface area (Å²) in [6.45, 7) is 1.85. The molecular formula is C16H24N5O3S+. The molecule has 1 aromatic heterocycles. The van der Waals surface area contributed by atoms with Gasteiger partial charge in [-0.1, -0.05) is 0 Å². The number of H-pyrrole nitrogens is 1. The maximum Gasteiger partial charge on any atom is 0.310 e. The first-order valence-electron chi connectivity index (χ1n) is 7.90. The SMILES string of the molecule is CN(C)c1ccc(N=NCCCC(C)([n+]2cc[nH]c2)S(=O)(=O)O)cc1. The molecule has 2 aromatic rings. The van der Waals surface area contributed by atoms with E-state index in [1.807, 2.05) is 43.3 Å². The molecule has 8 nitrogen and oxygen atoms in total. The van der Waals surface area contributed by atoms with Gasteiger partial charge in [-0.2, -0.15) is 18.6 Å². The fraction of sp³-hybridized carbons (Fsp3) is 0.438. The molecular weight excluding hydrogens is 342 g/mol. The minimum atomic E-state index is -4.27. The second kappa shape index (κ2) is 7.75. The summed E-state index contributed by atoms with van der Waals surface area (Å²) in [5.74, 6) is 0. The summed E-state index contributed by atoms with van der Waals surface area (Å²) in [6, 6.07) is 7.65. The molecule has 0 aliphatic carbocycles. The van der Waals surface area contributed by atoms with Gasteiger partial charge in [0.1, 0.15) is 12.4 Å². The third-order valence-electron chi connectivity index (χ3n) is 4.10. The van der Waals surface area contributed by atoms with E-state index in [-0.39, 0.29) is 6.42 Å². The molecule has 136 valence electrons. The number of nitrogens with zero attached hydrogens (tertiary/aromatic N) is 4. The Kier molecular flexibility index (Phi) is 5.91. The van der Waals surface area contributed by atoms with Crippen molar-refractivity contribution in [1.29, 1.82) is 0 Å². The zero-order valence-electron chi connectivity index (χ0n) is 14.6. The fourth-order valence-electron chi connectivity index (χ4n) is 2.40. The average molecular weight is 366 g/mol. The molecule has 0 amide bonds. The zero-order valence-corrected chi connectivity index (χ0v) is 15.4. The number of imidazole rings is 1. The van der Waals surface area contributed by atoms with Crippen LogP contribution in [0.3, 0.4) is 0 Å². The number of hydrogen-bond acceptors (Lipinski definition) is 5. The number of nitrogens with one attached hydrogen (secondary N) is 1. The van der Waals surface area contributed by atoms with Gasteiger partial charge < -0.3 is 4.90 Å². The highest BCUT2D eigenvalue weighted by Crippen LogP contribution is 2.23. The van der Waals surface area contributed by atoms with Crippen molar-refractivity contribution in [3.63, 3.8) is 0 Å². The van der Waals surface area contributed by atoms with Crippen molar-refractivity contribution in [2.45, 2.75) is 24.6 Å². The Hall–Kier alpha value is -2.26. The molecule has 9 heteroatoms. The fourth-order valence-corrected chi connectivity index (χ4v) is 3.18. The highest BCUT2D eigenvalue weighted by atomic mass is 32.2. The maximum absolute atomic E-state index is 11.8. The van der Waals surface area contributed by atoms with Gasteiger partial charge in [-0.15, -0.1) is 0 Å². The number of aromatic nitrogens is 2. The van der Waals surface area contributed by atoms with Crippen molar-refractivity contribution in [3.8, 4) is 0 Å². The van der Waals surface area contributed by atoms with E-state index >= 15 is 0 Å². The van der Waals surface area contributed by atoms with Gasteiger partial charge in [-0.3, -0.25) is 9.54 Å². The molecule has 1 heterocycles. The van der Waals surface area contributed by atoms with Crippen LogP contribution in [0.5, 0.6) is 0 Å². The topological polar surface area (TPSA) is 102 Å². The second-order valence-electron chi connectivity index (χ2n) is 6.15. The van der Waals surface area contributed by atoms with Crippen LogP contribution in [-0.2, 0) is 15.0 Å². The van der Waals surface area contributed by atoms with E-state index in [4.69, 9.17) is 0 Å². The van der Waals surface area contributed by atoms with Crippen molar-refractivity contribution in [2.75, 3.05) is 25.5 Å². The Morgan fingerprint density at radius 1 is 1.28 bits per heavy atom. The van der Waals surface area contributed by atoms with E-state index in [0.29, 0.717) is 13.0 Å². The zero-order chi connectivity index (χ0) is 18.5. The molecule has 2 rings (SSSR count). The molecule has 0 fully saturated rings. The van der Waals surface area contributed by atoms with E-state index in [2.05, 4.69) is 15.2 Å². The van der Waals surface area contributed by atoms with Gasteiger partial charge in [0.05, 0.1) is 12.2 Å². The molecule has 0 spiro atoms. The minimum Gasteiger partial charge on any atom is -0.378 e. The van der Waals surface area contributed by atoms with Crippen molar-refractivity contribution < 1.29 is 17.5 Å². The lowest BCUT2D eigenvalue weighted by atomic mass is 10.1. The van der Waals surface area contributed by atoms with Crippen molar-refractivity contribution in [1.82, 2.24) is 4.98 Å². The first-order chi connectivity index (χ1) is 11.7. The van der Waals surface area contributed by atoms with Crippen molar-refractivity contribution >= 4 is 21.5 Å². The Morgan fingerprint density at radius 3 is 2.48 bits per heavy atom. The summed E-state index contributed by atoms with van der Waals surface area (Å²) in [7, 11) is -0.347. The molecule has 25 heavy (non-hydrogen) atoms. The molecule has 0 aliphatic rings. The molecule has 0 saturated heterocycles. The van der Waals surface area contributed by atoms with Gasteiger partial charge >= 0.3 is 10.1 Å². The minimum absolute atomic E-state index is 0.215. The van der Waals surface area contributed by atoms with Crippen LogP contribution in [0.25, 0.3) is 0 Å². The molecule has 2 N–H and O–H groups in total. The Morgan fingerprint density at radius 2 is 1.96 bits per heavy atom. The molecule has 0 saturated carbocycles. The number of azo groups is 1. The standard InChI is InChI=1S/C16H23N5O3S/c1-16(25(22,23)24,21-12-11-17-13-21)9-4-10-18-19-14-5-7-15(8-6-14)20(2)3/h5-8,11-13H,4,9-10H2,1-3H3,(H,22,23,24)/p+1. The smallest absolute Gasteiger partial charge is 0.310 e. The summed E-state index contributed by atoms with van der Waals surface area (Å²) >= 11 is 0. The molecule has 1 unspecified atom stereocenters. The number of aromatic amines is 1. The summed E-state index contributed by atoms with van der Waals surface area (Å²) in [5.41, 5.74) is 1.81. The van der Waals surface area contributed by atoms with Gasteiger partial charge in [-0.25, -0.2) is 4.57 Å². The molecule has 0 radical (unpaired) electrons. The summed E-state index contributed by atoms with van der Waals surface area (Å²) < 4.78 is 34.6. The van der Waals surface area contributed by atoms with Crippen molar-refractivity contribution in [2.24, 2.45) is 10.2 Å². The lowest BCUT2D eigenvalue weighted by molar-refractivity contribution is -0.737. The third-order valence-corrected chi connectivity index (χ3v) is 5.62. The number of hydrogen-bond donors (Lipinski definition) is 2. The number of benzene rings is 1. The number of anilines is 1. The van der Waals surface area contributed by atoms with Crippen LogP contribution in [-0.4, -0.2) is 38.6 Å². The van der Waals surface area contributed by atoms with E-state index in [1.54, 1.807) is 12.4 Å². The Bertz CT molecular complexity index is 801. The maximum atomic E-state index is 11.8. The second-order valence-corrected chi connectivity index (χ2v) is 7.98. The predicted octanol–water partition coefficient (Wildman–Crippen LogP) is 2.49. The van der Waals surface area contributed by atoms with Crippen LogP contribution in [0.1, 0.15) is 19.8 Å². The van der Waals surface area contributed by atoms with E-state index in [9.17, 15) is 13.0 Å². The van der Waals surface area contributed by atoms with Crippen LogP contribution < -0.4 is 9.47 Å². The average Bonchev–Trinajstić information content (AvgIpc) is 3.08. The highest BCUT2D eigenvalue weighted by molar-refractivity contribution is 7.86. The summed E-state index contributed by atoms with van der Waals surface area (Å²) in [4.78, 5) is 3.35. The van der Waals surface area contributed by atoms with Gasteiger partial charge in [0.2, 0.25) is 11.2 Å². The Balaban J connectivity index is 1.94. The van der Waals surface area contributed by atoms with Crippen LogP contribution in [0.2, 0.25) is 0 Å². The molecule has 1 atom stereocenters. The molecule has 0 bridgehead atoms. The van der Waals surface area contributed by atoms with Crippen LogP contribution >= 0.6 is 0 Å². The van der Waals surface area contributed by atoms with Gasteiger partial charge in [0.25, 0.3) is 0 Å².